The molecule has 104 valence electrons. The first kappa shape index (κ1) is 14.1. The SMILES string of the molecule is CCCCCc1ccc(NC(=O)[C@H]2CCCN2)cc1. The Kier molecular flexibility index (Phi) is 5.40. The first-order valence-electron chi connectivity index (χ1n) is 7.43. The first-order chi connectivity index (χ1) is 9.29. The number of benzene rings is 1. The lowest BCUT2D eigenvalue weighted by Crippen LogP contribution is -2.35. The zero-order valence-corrected chi connectivity index (χ0v) is 11.7. The van der Waals surface area contributed by atoms with Crippen LogP contribution in [0.15, 0.2) is 24.3 Å². The van der Waals surface area contributed by atoms with Crippen LogP contribution in [0.5, 0.6) is 0 Å². The van der Waals surface area contributed by atoms with Gasteiger partial charge in [-0.15, -0.1) is 0 Å². The van der Waals surface area contributed by atoms with Gasteiger partial charge in [0.15, 0.2) is 0 Å². The molecule has 1 heterocycles. The molecule has 0 aromatic heterocycles. The van der Waals surface area contributed by atoms with Gasteiger partial charge in [-0.25, -0.2) is 0 Å². The fourth-order valence-corrected chi connectivity index (χ4v) is 2.47. The van der Waals surface area contributed by atoms with E-state index in [0.717, 1.165) is 31.5 Å². The van der Waals surface area contributed by atoms with Gasteiger partial charge in [0.25, 0.3) is 0 Å². The Labute approximate surface area is 115 Å². The molecule has 2 N–H and O–H groups in total. The highest BCUT2D eigenvalue weighted by atomic mass is 16.2. The number of nitrogens with one attached hydrogen (secondary N) is 2. The predicted molar refractivity (Wildman–Crippen MR) is 79.3 cm³/mol. The Bertz CT molecular complexity index is 394. The molecule has 3 heteroatoms. The quantitative estimate of drug-likeness (QED) is 0.772. The van der Waals surface area contributed by atoms with Gasteiger partial charge < -0.3 is 10.6 Å². The van der Waals surface area contributed by atoms with E-state index in [2.05, 4.69) is 29.7 Å². The lowest BCUT2D eigenvalue weighted by atomic mass is 10.1. The van der Waals surface area contributed by atoms with Gasteiger partial charge in [0.1, 0.15) is 0 Å². The van der Waals surface area contributed by atoms with E-state index >= 15 is 0 Å². The maximum Gasteiger partial charge on any atom is 0.241 e. The topological polar surface area (TPSA) is 41.1 Å². The number of carbonyl (C=O) groups excluding carboxylic acids is 1. The molecule has 0 spiro atoms. The molecule has 1 atom stereocenters. The fourth-order valence-electron chi connectivity index (χ4n) is 2.47. The second-order valence-electron chi connectivity index (χ2n) is 5.29. The molecule has 1 aromatic rings. The highest BCUT2D eigenvalue weighted by Gasteiger charge is 2.21. The number of hydrogen-bond donors (Lipinski definition) is 2. The number of aryl methyl sites for hydroxylation is 1. The van der Waals surface area contributed by atoms with Crippen LogP contribution in [0, 0.1) is 0 Å². The van der Waals surface area contributed by atoms with Crippen LogP contribution < -0.4 is 10.6 Å². The minimum atomic E-state index is -0.00997. The van der Waals surface area contributed by atoms with Gasteiger partial charge >= 0.3 is 0 Å². The summed E-state index contributed by atoms with van der Waals surface area (Å²) in [6, 6.07) is 8.24. The summed E-state index contributed by atoms with van der Waals surface area (Å²) in [6.07, 6.45) is 6.95. The molecule has 1 aromatic carbocycles. The summed E-state index contributed by atoms with van der Waals surface area (Å²) in [4.78, 5) is 11.9. The van der Waals surface area contributed by atoms with Crippen molar-refractivity contribution in [1.82, 2.24) is 5.32 Å². The van der Waals surface area contributed by atoms with Gasteiger partial charge in [0.2, 0.25) is 5.91 Å². The Morgan fingerprint density at radius 1 is 1.32 bits per heavy atom. The molecule has 1 aliphatic heterocycles. The van der Waals surface area contributed by atoms with Crippen molar-refractivity contribution in [3.05, 3.63) is 29.8 Å². The van der Waals surface area contributed by atoms with Gasteiger partial charge in [-0.05, 0) is 49.9 Å². The van der Waals surface area contributed by atoms with Crippen LogP contribution in [0.1, 0.15) is 44.6 Å². The molecule has 1 saturated heterocycles. The molecule has 19 heavy (non-hydrogen) atoms. The summed E-state index contributed by atoms with van der Waals surface area (Å²) in [6.45, 7) is 3.17. The Balaban J connectivity index is 1.82. The van der Waals surface area contributed by atoms with Gasteiger partial charge in [0, 0.05) is 5.69 Å². The van der Waals surface area contributed by atoms with Gasteiger partial charge in [0.05, 0.1) is 6.04 Å². The van der Waals surface area contributed by atoms with Crippen molar-refractivity contribution in [1.29, 1.82) is 0 Å². The first-order valence-corrected chi connectivity index (χ1v) is 7.43. The smallest absolute Gasteiger partial charge is 0.241 e. The number of carbonyl (C=O) groups is 1. The van der Waals surface area contributed by atoms with Gasteiger partial charge in [-0.3, -0.25) is 4.79 Å². The average Bonchev–Trinajstić information content (AvgIpc) is 2.95. The molecule has 1 amide bonds. The second kappa shape index (κ2) is 7.29. The summed E-state index contributed by atoms with van der Waals surface area (Å²) in [5, 5.41) is 6.19. The highest BCUT2D eigenvalue weighted by molar-refractivity contribution is 5.95. The lowest BCUT2D eigenvalue weighted by Gasteiger charge is -2.11. The minimum Gasteiger partial charge on any atom is -0.325 e. The molecular formula is C16H24N2O. The van der Waals surface area contributed by atoms with E-state index in [0.29, 0.717) is 0 Å². The van der Waals surface area contributed by atoms with Crippen LogP contribution in [0.4, 0.5) is 5.69 Å². The molecule has 0 aliphatic carbocycles. The number of unbranched alkanes of at least 4 members (excludes halogenated alkanes) is 2. The lowest BCUT2D eigenvalue weighted by molar-refractivity contribution is -0.117. The van der Waals surface area contributed by atoms with E-state index in [4.69, 9.17) is 0 Å². The molecule has 1 fully saturated rings. The second-order valence-corrected chi connectivity index (χ2v) is 5.29. The molecule has 0 radical (unpaired) electrons. The molecule has 0 unspecified atom stereocenters. The van der Waals surface area contributed by atoms with E-state index in [1.54, 1.807) is 0 Å². The maximum atomic E-state index is 11.9. The summed E-state index contributed by atoms with van der Waals surface area (Å²) in [7, 11) is 0. The summed E-state index contributed by atoms with van der Waals surface area (Å²) in [5.41, 5.74) is 2.25. The van der Waals surface area contributed by atoms with Crippen LogP contribution in [0.2, 0.25) is 0 Å². The van der Waals surface area contributed by atoms with Crippen LogP contribution in [0.25, 0.3) is 0 Å². The largest absolute Gasteiger partial charge is 0.325 e. The Morgan fingerprint density at radius 3 is 2.74 bits per heavy atom. The van der Waals surface area contributed by atoms with Crippen molar-refractivity contribution in [3.8, 4) is 0 Å². The summed E-state index contributed by atoms with van der Waals surface area (Å²) < 4.78 is 0. The molecule has 2 rings (SSSR count). The monoisotopic (exact) mass is 260 g/mol. The van der Waals surface area contributed by atoms with Gasteiger partial charge in [-0.2, -0.15) is 0 Å². The van der Waals surface area contributed by atoms with Crippen LogP contribution in [-0.2, 0) is 11.2 Å². The third kappa shape index (κ3) is 4.35. The van der Waals surface area contributed by atoms with E-state index in [1.807, 2.05) is 12.1 Å². The standard InChI is InChI=1S/C16H24N2O/c1-2-3-4-6-13-8-10-14(11-9-13)18-16(19)15-7-5-12-17-15/h8-11,15,17H,2-7,12H2,1H3,(H,18,19)/t15-/m1/s1. The molecule has 0 saturated carbocycles. The molecule has 0 bridgehead atoms. The van der Waals surface area contributed by atoms with Gasteiger partial charge in [-0.1, -0.05) is 31.9 Å². The third-order valence-electron chi connectivity index (χ3n) is 3.67. The summed E-state index contributed by atoms with van der Waals surface area (Å²) in [5.74, 6) is 0.0937. The number of anilines is 1. The average molecular weight is 260 g/mol. The van der Waals surface area contributed by atoms with E-state index in [1.165, 1.54) is 24.8 Å². The zero-order valence-electron chi connectivity index (χ0n) is 11.7. The predicted octanol–water partition coefficient (Wildman–Crippen LogP) is 3.11. The van der Waals surface area contributed by atoms with Crippen LogP contribution in [-0.4, -0.2) is 18.5 Å². The minimum absolute atomic E-state index is 0.00997. The number of rotatable bonds is 6. The van der Waals surface area contributed by atoms with Crippen molar-refractivity contribution in [2.24, 2.45) is 0 Å². The van der Waals surface area contributed by atoms with Crippen molar-refractivity contribution in [3.63, 3.8) is 0 Å². The molecule has 1 aliphatic rings. The maximum absolute atomic E-state index is 11.9. The van der Waals surface area contributed by atoms with E-state index < -0.39 is 0 Å². The van der Waals surface area contributed by atoms with Crippen LogP contribution in [0.3, 0.4) is 0 Å². The van der Waals surface area contributed by atoms with Crippen molar-refractivity contribution >= 4 is 11.6 Å². The van der Waals surface area contributed by atoms with Crippen molar-refractivity contribution < 1.29 is 4.79 Å². The Morgan fingerprint density at radius 2 is 2.11 bits per heavy atom. The highest BCUT2D eigenvalue weighted by Crippen LogP contribution is 2.14. The fraction of sp³-hybridized carbons (Fsp3) is 0.562. The third-order valence-corrected chi connectivity index (χ3v) is 3.67. The molecular weight excluding hydrogens is 236 g/mol. The van der Waals surface area contributed by atoms with Crippen molar-refractivity contribution in [2.45, 2.75) is 51.5 Å². The molecule has 3 nitrogen and oxygen atoms in total. The number of hydrogen-bond acceptors (Lipinski definition) is 2. The Hall–Kier alpha value is -1.35. The van der Waals surface area contributed by atoms with Crippen LogP contribution >= 0.6 is 0 Å². The number of amides is 1. The summed E-state index contributed by atoms with van der Waals surface area (Å²) >= 11 is 0. The van der Waals surface area contributed by atoms with Crippen molar-refractivity contribution in [2.75, 3.05) is 11.9 Å². The van der Waals surface area contributed by atoms with E-state index in [9.17, 15) is 4.79 Å². The normalized spacial score (nSPS) is 18.5. The van der Waals surface area contributed by atoms with E-state index in [-0.39, 0.29) is 11.9 Å². The zero-order chi connectivity index (χ0) is 13.5.